The van der Waals surface area contributed by atoms with E-state index in [1.54, 1.807) is 12.4 Å². The number of rotatable bonds is 9. The number of hydrogen-bond acceptors (Lipinski definition) is 3. The highest BCUT2D eigenvalue weighted by molar-refractivity contribution is 6.73. The van der Waals surface area contributed by atoms with Crippen molar-refractivity contribution < 1.29 is 4.43 Å². The molecule has 0 aliphatic heterocycles. The van der Waals surface area contributed by atoms with Gasteiger partial charge in [-0.1, -0.05) is 64.7 Å². The molecule has 1 N–H and O–H groups in total. The quantitative estimate of drug-likeness (QED) is 0.478. The number of halogens is 2. The van der Waals surface area contributed by atoms with Crippen LogP contribution in [-0.4, -0.2) is 25.9 Å². The zero-order valence-electron chi connectivity index (χ0n) is 16.7. The molecule has 2 unspecified atom stereocenters. The molecular weight excluding hydrogens is 371 g/mol. The van der Waals surface area contributed by atoms with E-state index in [0.717, 1.165) is 23.7 Å². The molecule has 2 atom stereocenters. The molecule has 1 aromatic rings. The van der Waals surface area contributed by atoms with Crippen molar-refractivity contribution in [3.05, 3.63) is 28.0 Å². The molecule has 0 saturated heterocycles. The predicted octanol–water partition coefficient (Wildman–Crippen LogP) is 6.48. The zero-order valence-corrected chi connectivity index (χ0v) is 19.3. The predicted molar refractivity (Wildman–Crippen MR) is 112 cm³/mol. The van der Waals surface area contributed by atoms with E-state index >= 15 is 0 Å². The van der Waals surface area contributed by atoms with Gasteiger partial charge in [0.25, 0.3) is 0 Å². The van der Waals surface area contributed by atoms with E-state index in [0.29, 0.717) is 22.6 Å². The van der Waals surface area contributed by atoms with Crippen molar-refractivity contribution in [2.24, 2.45) is 5.41 Å². The smallest absolute Gasteiger partial charge is 0.192 e. The molecule has 0 bridgehead atoms. The lowest BCUT2D eigenvalue weighted by Crippen LogP contribution is -2.44. The highest BCUT2D eigenvalue weighted by atomic mass is 35.5. The van der Waals surface area contributed by atoms with Crippen LogP contribution in [-0.2, 0) is 4.43 Å². The van der Waals surface area contributed by atoms with Crippen molar-refractivity contribution in [3.63, 3.8) is 0 Å². The third kappa shape index (κ3) is 6.21. The van der Waals surface area contributed by atoms with Gasteiger partial charge < -0.3 is 9.74 Å². The fraction of sp³-hybridized carbons (Fsp3) is 0.737. The molecule has 0 spiro atoms. The Labute approximate surface area is 165 Å². The highest BCUT2D eigenvalue weighted by Gasteiger charge is 2.34. The number of aromatic nitrogens is 1. The number of hydrogen-bond donors (Lipinski definition) is 1. The largest absolute Gasteiger partial charge is 0.409 e. The normalized spacial score (nSPS) is 15.2. The molecule has 0 fully saturated rings. The summed E-state index contributed by atoms with van der Waals surface area (Å²) in [5.74, 6) is 0. The molecule has 25 heavy (non-hydrogen) atoms. The van der Waals surface area contributed by atoms with E-state index < -0.39 is 8.32 Å². The number of nitrogens with zero attached hydrogens (tertiary/aromatic N) is 1. The second kappa shape index (κ2) is 9.70. The Hall–Kier alpha value is -0.133. The van der Waals surface area contributed by atoms with Crippen molar-refractivity contribution in [2.45, 2.75) is 78.7 Å². The Morgan fingerprint density at radius 3 is 1.96 bits per heavy atom. The van der Waals surface area contributed by atoms with Gasteiger partial charge in [0.1, 0.15) is 0 Å². The van der Waals surface area contributed by atoms with E-state index in [1.165, 1.54) is 0 Å². The summed E-state index contributed by atoms with van der Waals surface area (Å²) in [4.78, 5) is 4.09. The summed E-state index contributed by atoms with van der Waals surface area (Å²) >= 11 is 12.9. The molecule has 3 nitrogen and oxygen atoms in total. The molecule has 1 heterocycles. The maximum Gasteiger partial charge on any atom is 0.192 e. The van der Waals surface area contributed by atoms with Crippen molar-refractivity contribution >= 4 is 31.5 Å². The van der Waals surface area contributed by atoms with Gasteiger partial charge in [0.15, 0.2) is 8.32 Å². The van der Waals surface area contributed by atoms with Gasteiger partial charge in [0, 0.05) is 30.5 Å². The molecule has 0 saturated carbocycles. The number of nitrogens with one attached hydrogen (secondary N) is 1. The fourth-order valence-electron chi connectivity index (χ4n) is 2.82. The van der Waals surface area contributed by atoms with E-state index in [1.807, 2.05) is 0 Å². The van der Waals surface area contributed by atoms with Crippen molar-refractivity contribution in [2.75, 3.05) is 6.54 Å². The molecule has 6 heteroatoms. The van der Waals surface area contributed by atoms with Gasteiger partial charge in [-0.15, -0.1) is 0 Å². The summed E-state index contributed by atoms with van der Waals surface area (Å²) in [6.45, 7) is 16.3. The monoisotopic (exact) mass is 404 g/mol. The lowest BCUT2D eigenvalue weighted by atomic mass is 9.88. The van der Waals surface area contributed by atoms with Gasteiger partial charge in [-0.2, -0.15) is 0 Å². The zero-order chi connectivity index (χ0) is 19.3. The highest BCUT2D eigenvalue weighted by Crippen LogP contribution is 2.36. The van der Waals surface area contributed by atoms with Gasteiger partial charge in [0.2, 0.25) is 0 Å². The lowest BCUT2D eigenvalue weighted by molar-refractivity contribution is 0.168. The van der Waals surface area contributed by atoms with Gasteiger partial charge in [0.05, 0.1) is 16.1 Å². The summed E-state index contributed by atoms with van der Waals surface area (Å²) in [5, 5.41) is 4.79. The third-order valence-electron chi connectivity index (χ3n) is 5.45. The standard InChI is InChI=1S/C19H34Cl2N2OSi/c1-8-25(9-2,10-3)24-17(13-23-14(4)19(5,6)7)18-15(20)11-22-12-16(18)21/h11-12,14,17,23H,8-10,13H2,1-7H3. The average Bonchev–Trinajstić information content (AvgIpc) is 2.55. The minimum atomic E-state index is -1.80. The van der Waals surface area contributed by atoms with Crippen LogP contribution in [0.2, 0.25) is 28.2 Å². The first-order chi connectivity index (χ1) is 11.6. The maximum absolute atomic E-state index is 6.78. The van der Waals surface area contributed by atoms with Gasteiger partial charge in [-0.05, 0) is 30.5 Å². The van der Waals surface area contributed by atoms with E-state index in [4.69, 9.17) is 27.6 Å². The number of pyridine rings is 1. The van der Waals surface area contributed by atoms with E-state index in [2.05, 4.69) is 58.8 Å². The summed E-state index contributed by atoms with van der Waals surface area (Å²) in [5.41, 5.74) is 1.03. The first-order valence-corrected chi connectivity index (χ1v) is 12.6. The van der Waals surface area contributed by atoms with Crippen LogP contribution in [0.3, 0.4) is 0 Å². The van der Waals surface area contributed by atoms with Crippen LogP contribution in [0.4, 0.5) is 0 Å². The average molecular weight is 405 g/mol. The second-order valence-corrected chi connectivity index (χ2v) is 13.4. The molecule has 0 radical (unpaired) electrons. The first kappa shape index (κ1) is 22.9. The molecular formula is C19H34Cl2N2OSi. The van der Waals surface area contributed by atoms with Gasteiger partial charge in [-0.25, -0.2) is 0 Å². The molecule has 144 valence electrons. The molecule has 1 aromatic heterocycles. The fourth-order valence-corrected chi connectivity index (χ4v) is 6.24. The van der Waals surface area contributed by atoms with Crippen molar-refractivity contribution in [1.29, 1.82) is 0 Å². The molecule has 0 amide bonds. The summed E-state index contributed by atoms with van der Waals surface area (Å²) in [7, 11) is -1.80. The van der Waals surface area contributed by atoms with Crippen molar-refractivity contribution in [1.82, 2.24) is 10.3 Å². The lowest BCUT2D eigenvalue weighted by Gasteiger charge is -2.36. The summed E-state index contributed by atoms with van der Waals surface area (Å²) < 4.78 is 6.78. The van der Waals surface area contributed by atoms with Crippen LogP contribution in [0.15, 0.2) is 12.4 Å². The molecule has 0 aromatic carbocycles. The Morgan fingerprint density at radius 2 is 1.56 bits per heavy atom. The first-order valence-electron chi connectivity index (χ1n) is 9.30. The van der Waals surface area contributed by atoms with Crippen LogP contribution in [0, 0.1) is 5.41 Å². The molecule has 0 aliphatic carbocycles. The Bertz CT molecular complexity index is 516. The third-order valence-corrected chi connectivity index (χ3v) is 10.7. The van der Waals surface area contributed by atoms with Crippen LogP contribution in [0.1, 0.15) is 60.1 Å². The molecule has 0 aliphatic rings. The Balaban J connectivity index is 3.14. The minimum absolute atomic E-state index is 0.153. The Kier molecular flexibility index (Phi) is 8.89. The van der Waals surface area contributed by atoms with Crippen molar-refractivity contribution in [3.8, 4) is 0 Å². The molecule has 1 rings (SSSR count). The SMILES string of the molecule is CC[Si](CC)(CC)OC(CNC(C)C(C)(C)C)c1c(Cl)cncc1Cl. The topological polar surface area (TPSA) is 34.1 Å². The maximum atomic E-state index is 6.78. The van der Waals surface area contributed by atoms with Crippen LogP contribution in [0.5, 0.6) is 0 Å². The van der Waals surface area contributed by atoms with Crippen LogP contribution >= 0.6 is 23.2 Å². The van der Waals surface area contributed by atoms with Crippen LogP contribution < -0.4 is 5.32 Å². The van der Waals surface area contributed by atoms with E-state index in [9.17, 15) is 0 Å². The second-order valence-electron chi connectivity index (χ2n) is 7.86. The van der Waals surface area contributed by atoms with E-state index in [-0.39, 0.29) is 11.5 Å². The summed E-state index contributed by atoms with van der Waals surface area (Å²) in [6.07, 6.45) is 3.15. The van der Waals surface area contributed by atoms with Crippen LogP contribution in [0.25, 0.3) is 0 Å². The minimum Gasteiger partial charge on any atom is -0.409 e. The summed E-state index contributed by atoms with van der Waals surface area (Å²) in [6, 6.07) is 3.61. The van der Waals surface area contributed by atoms with Gasteiger partial charge >= 0.3 is 0 Å². The Morgan fingerprint density at radius 1 is 1.08 bits per heavy atom. The van der Waals surface area contributed by atoms with Gasteiger partial charge in [-0.3, -0.25) is 4.98 Å².